The zero-order valence-electron chi connectivity index (χ0n) is 9.51. The average Bonchev–Trinajstić information content (AvgIpc) is 2.98. The van der Waals surface area contributed by atoms with E-state index in [1.165, 1.54) is 0 Å². The molecule has 0 amide bonds. The predicted molar refractivity (Wildman–Crippen MR) is 67.1 cm³/mol. The Balaban J connectivity index is 1.96. The number of hydrogen-bond donors (Lipinski definition) is 1. The molecule has 1 aromatic carbocycles. The third kappa shape index (κ3) is 2.00. The Labute approximate surface area is 108 Å². The number of aromatic amines is 1. The Bertz CT molecular complexity index is 671. The van der Waals surface area contributed by atoms with E-state index in [0.29, 0.717) is 22.4 Å². The molecule has 0 aliphatic rings. The van der Waals surface area contributed by atoms with Gasteiger partial charge in [-0.2, -0.15) is 10.1 Å². The van der Waals surface area contributed by atoms with Gasteiger partial charge in [-0.1, -0.05) is 16.8 Å². The fourth-order valence-electron chi connectivity index (χ4n) is 1.57. The number of hydrogen-bond acceptors (Lipinski definition) is 4. The van der Waals surface area contributed by atoms with Gasteiger partial charge in [-0.3, -0.25) is 5.10 Å². The van der Waals surface area contributed by atoms with Crippen LogP contribution in [0, 0.1) is 6.92 Å². The molecule has 0 atom stereocenters. The first-order valence-corrected chi connectivity index (χ1v) is 5.72. The fraction of sp³-hybridized carbons (Fsp3) is 0.0833. The minimum atomic E-state index is 0.393. The van der Waals surface area contributed by atoms with Gasteiger partial charge in [0.15, 0.2) is 5.69 Å². The number of rotatable bonds is 2. The summed E-state index contributed by atoms with van der Waals surface area (Å²) in [4.78, 5) is 4.29. The van der Waals surface area contributed by atoms with Crippen LogP contribution in [0.5, 0.6) is 0 Å². The quantitative estimate of drug-likeness (QED) is 0.769. The van der Waals surface area contributed by atoms with Crippen LogP contribution in [-0.2, 0) is 0 Å². The zero-order chi connectivity index (χ0) is 12.5. The van der Waals surface area contributed by atoms with Gasteiger partial charge >= 0.3 is 0 Å². The number of halogens is 1. The third-order valence-corrected chi connectivity index (χ3v) is 2.71. The molecule has 1 N–H and O–H groups in total. The normalized spacial score (nSPS) is 10.8. The van der Waals surface area contributed by atoms with E-state index in [9.17, 15) is 0 Å². The summed E-state index contributed by atoms with van der Waals surface area (Å²) in [5.74, 6) is 0.909. The molecule has 0 spiro atoms. The van der Waals surface area contributed by atoms with Crippen molar-refractivity contribution in [2.45, 2.75) is 6.92 Å². The van der Waals surface area contributed by atoms with E-state index in [2.05, 4.69) is 20.3 Å². The Hall–Kier alpha value is -2.14. The maximum atomic E-state index is 5.82. The number of nitrogens with one attached hydrogen (secondary N) is 1. The first kappa shape index (κ1) is 11.0. The van der Waals surface area contributed by atoms with Crippen molar-refractivity contribution in [2.75, 3.05) is 0 Å². The number of aryl methyl sites for hydroxylation is 1. The van der Waals surface area contributed by atoms with Gasteiger partial charge in [0.05, 0.1) is 0 Å². The summed E-state index contributed by atoms with van der Waals surface area (Å²) in [6.07, 6.45) is 0. The van der Waals surface area contributed by atoms with Crippen LogP contribution >= 0.6 is 11.6 Å². The SMILES string of the molecule is Cc1cc(-c2nc(-c3ccc(Cl)cc3)no2)n[nH]1. The van der Waals surface area contributed by atoms with Crippen LogP contribution in [0.3, 0.4) is 0 Å². The Morgan fingerprint density at radius 2 is 2.00 bits per heavy atom. The van der Waals surface area contributed by atoms with Gasteiger partial charge in [0.25, 0.3) is 5.89 Å². The molecule has 2 aromatic heterocycles. The molecule has 6 heteroatoms. The van der Waals surface area contributed by atoms with E-state index in [1.54, 1.807) is 12.1 Å². The van der Waals surface area contributed by atoms with E-state index < -0.39 is 0 Å². The second kappa shape index (κ2) is 4.27. The van der Waals surface area contributed by atoms with E-state index in [0.717, 1.165) is 11.3 Å². The molecule has 0 unspecified atom stereocenters. The average molecular weight is 261 g/mol. The molecule has 18 heavy (non-hydrogen) atoms. The van der Waals surface area contributed by atoms with Crippen molar-refractivity contribution < 1.29 is 4.52 Å². The van der Waals surface area contributed by atoms with Crippen molar-refractivity contribution >= 4 is 11.6 Å². The van der Waals surface area contributed by atoms with Crippen molar-refractivity contribution in [1.29, 1.82) is 0 Å². The number of H-pyrrole nitrogens is 1. The third-order valence-electron chi connectivity index (χ3n) is 2.45. The Kier molecular flexibility index (Phi) is 2.60. The molecular weight excluding hydrogens is 252 g/mol. The van der Waals surface area contributed by atoms with Crippen molar-refractivity contribution in [2.24, 2.45) is 0 Å². The van der Waals surface area contributed by atoms with Crippen LogP contribution < -0.4 is 0 Å². The molecule has 0 bridgehead atoms. The summed E-state index contributed by atoms with van der Waals surface area (Å²) >= 11 is 5.82. The van der Waals surface area contributed by atoms with Crippen molar-refractivity contribution in [1.82, 2.24) is 20.3 Å². The van der Waals surface area contributed by atoms with Crippen LogP contribution in [0.4, 0.5) is 0 Å². The highest BCUT2D eigenvalue weighted by atomic mass is 35.5. The van der Waals surface area contributed by atoms with Crippen LogP contribution in [0.15, 0.2) is 34.9 Å². The van der Waals surface area contributed by atoms with Gasteiger partial charge in [0.2, 0.25) is 5.82 Å². The molecule has 0 aliphatic heterocycles. The van der Waals surface area contributed by atoms with Crippen molar-refractivity contribution in [3.05, 3.63) is 41.0 Å². The lowest BCUT2D eigenvalue weighted by atomic mass is 10.2. The second-order valence-corrected chi connectivity index (χ2v) is 4.30. The summed E-state index contributed by atoms with van der Waals surface area (Å²) in [5, 5.41) is 11.5. The summed E-state index contributed by atoms with van der Waals surface area (Å²) in [7, 11) is 0. The monoisotopic (exact) mass is 260 g/mol. The summed E-state index contributed by atoms with van der Waals surface area (Å²) in [5.41, 5.74) is 2.43. The number of benzene rings is 1. The molecule has 0 saturated heterocycles. The number of aromatic nitrogens is 4. The molecule has 0 aliphatic carbocycles. The van der Waals surface area contributed by atoms with Crippen LogP contribution in [0.2, 0.25) is 5.02 Å². The highest BCUT2D eigenvalue weighted by molar-refractivity contribution is 6.30. The highest BCUT2D eigenvalue weighted by Gasteiger charge is 2.12. The topological polar surface area (TPSA) is 67.6 Å². The molecule has 0 fully saturated rings. The van der Waals surface area contributed by atoms with Crippen molar-refractivity contribution in [3.8, 4) is 23.0 Å². The van der Waals surface area contributed by atoms with Crippen LogP contribution in [0.25, 0.3) is 23.0 Å². The molecule has 5 nitrogen and oxygen atoms in total. The smallest absolute Gasteiger partial charge is 0.278 e. The van der Waals surface area contributed by atoms with Gasteiger partial charge in [-0.15, -0.1) is 0 Å². The second-order valence-electron chi connectivity index (χ2n) is 3.87. The molecule has 0 saturated carbocycles. The minimum Gasteiger partial charge on any atom is -0.332 e. The molecule has 0 radical (unpaired) electrons. The van der Waals surface area contributed by atoms with Gasteiger partial charge < -0.3 is 4.52 Å². The summed E-state index contributed by atoms with van der Waals surface area (Å²) in [6.45, 7) is 1.91. The molecule has 2 heterocycles. The van der Waals surface area contributed by atoms with Gasteiger partial charge in [-0.05, 0) is 37.3 Å². The van der Waals surface area contributed by atoms with Gasteiger partial charge in [0.1, 0.15) is 0 Å². The Morgan fingerprint density at radius 1 is 1.22 bits per heavy atom. The largest absolute Gasteiger partial charge is 0.332 e. The summed E-state index contributed by atoms with van der Waals surface area (Å²) in [6, 6.07) is 9.09. The molecular formula is C12H9ClN4O. The van der Waals surface area contributed by atoms with E-state index in [-0.39, 0.29) is 0 Å². The first-order chi connectivity index (χ1) is 8.72. The first-order valence-electron chi connectivity index (χ1n) is 5.34. The highest BCUT2D eigenvalue weighted by Crippen LogP contribution is 2.22. The molecule has 90 valence electrons. The van der Waals surface area contributed by atoms with E-state index >= 15 is 0 Å². The lowest BCUT2D eigenvalue weighted by Gasteiger charge is -1.92. The van der Waals surface area contributed by atoms with Crippen molar-refractivity contribution in [3.63, 3.8) is 0 Å². The zero-order valence-corrected chi connectivity index (χ0v) is 10.3. The lowest BCUT2D eigenvalue weighted by molar-refractivity contribution is 0.431. The van der Waals surface area contributed by atoms with Crippen LogP contribution in [0.1, 0.15) is 5.69 Å². The summed E-state index contributed by atoms with van der Waals surface area (Å²) < 4.78 is 5.17. The number of nitrogens with zero attached hydrogens (tertiary/aromatic N) is 3. The maximum Gasteiger partial charge on any atom is 0.278 e. The van der Waals surface area contributed by atoms with Crippen LogP contribution in [-0.4, -0.2) is 20.3 Å². The molecule has 3 aromatic rings. The maximum absolute atomic E-state index is 5.82. The van der Waals surface area contributed by atoms with Gasteiger partial charge in [-0.25, -0.2) is 0 Å². The minimum absolute atomic E-state index is 0.393. The Morgan fingerprint density at radius 3 is 2.67 bits per heavy atom. The van der Waals surface area contributed by atoms with E-state index in [4.69, 9.17) is 16.1 Å². The fourth-order valence-corrected chi connectivity index (χ4v) is 1.70. The molecule has 3 rings (SSSR count). The lowest BCUT2D eigenvalue weighted by Crippen LogP contribution is -1.81. The van der Waals surface area contributed by atoms with E-state index in [1.807, 2.05) is 25.1 Å². The van der Waals surface area contributed by atoms with Gasteiger partial charge in [0, 0.05) is 16.3 Å². The predicted octanol–water partition coefficient (Wildman–Crippen LogP) is 3.09. The standard InChI is InChI=1S/C12H9ClN4O/c1-7-6-10(16-15-7)12-14-11(17-18-12)8-2-4-9(13)5-3-8/h2-6H,1H3,(H,15,16).